The number of aliphatic carboxylic acids is 1. The van der Waals surface area contributed by atoms with E-state index < -0.39 is 19.3 Å². The van der Waals surface area contributed by atoms with Gasteiger partial charge in [0.1, 0.15) is 0 Å². The van der Waals surface area contributed by atoms with E-state index in [-0.39, 0.29) is 18.4 Å². The normalized spacial score (nSPS) is 22.1. The van der Waals surface area contributed by atoms with Crippen LogP contribution in [0.25, 0.3) is 0 Å². The van der Waals surface area contributed by atoms with Crippen molar-refractivity contribution in [2.75, 3.05) is 18.9 Å². The quantitative estimate of drug-likeness (QED) is 0.717. The number of carboxylic acid groups (broad SMARTS) is 1. The van der Waals surface area contributed by atoms with E-state index in [9.17, 15) is 19.4 Å². The summed E-state index contributed by atoms with van der Waals surface area (Å²) in [6.45, 7) is 0.774. The SMILES string of the molecule is O=C(O)C(CP(=O)(O)CCCC1CCCO1)c1ccccc1. The lowest BCUT2D eigenvalue weighted by molar-refractivity contribution is -0.138. The number of benzene rings is 1. The topological polar surface area (TPSA) is 83.8 Å². The van der Waals surface area contributed by atoms with Crippen LogP contribution in [0.2, 0.25) is 0 Å². The molecule has 2 rings (SSSR count). The largest absolute Gasteiger partial charge is 0.481 e. The van der Waals surface area contributed by atoms with Gasteiger partial charge in [-0.2, -0.15) is 0 Å². The molecule has 0 bridgehead atoms. The average molecular weight is 326 g/mol. The van der Waals surface area contributed by atoms with E-state index in [1.165, 1.54) is 0 Å². The fourth-order valence-corrected chi connectivity index (χ4v) is 4.62. The lowest BCUT2D eigenvalue weighted by Crippen LogP contribution is -2.17. The summed E-state index contributed by atoms with van der Waals surface area (Å²) >= 11 is 0. The molecule has 3 unspecified atom stereocenters. The van der Waals surface area contributed by atoms with Gasteiger partial charge in [-0.3, -0.25) is 9.36 Å². The zero-order valence-electron chi connectivity index (χ0n) is 12.6. The van der Waals surface area contributed by atoms with Gasteiger partial charge in [-0.1, -0.05) is 30.3 Å². The molecule has 0 radical (unpaired) electrons. The van der Waals surface area contributed by atoms with Gasteiger partial charge in [0, 0.05) is 18.9 Å². The Hall–Kier alpha value is -1.16. The second-order valence-electron chi connectivity index (χ2n) is 5.83. The molecule has 122 valence electrons. The highest BCUT2D eigenvalue weighted by molar-refractivity contribution is 7.58. The van der Waals surface area contributed by atoms with E-state index in [2.05, 4.69) is 0 Å². The van der Waals surface area contributed by atoms with Crippen molar-refractivity contribution in [1.82, 2.24) is 0 Å². The molecule has 0 aromatic heterocycles. The fraction of sp³-hybridized carbons (Fsp3) is 0.562. The molecule has 1 aromatic rings. The molecule has 1 aliphatic rings. The molecule has 1 aromatic carbocycles. The van der Waals surface area contributed by atoms with E-state index in [1.54, 1.807) is 30.3 Å². The van der Waals surface area contributed by atoms with Gasteiger partial charge in [0.05, 0.1) is 12.0 Å². The minimum Gasteiger partial charge on any atom is -0.481 e. The van der Waals surface area contributed by atoms with Crippen LogP contribution in [0.15, 0.2) is 30.3 Å². The highest BCUT2D eigenvalue weighted by atomic mass is 31.2. The maximum absolute atomic E-state index is 12.3. The number of ether oxygens (including phenoxy) is 1. The number of hydrogen-bond donors (Lipinski definition) is 2. The fourth-order valence-electron chi connectivity index (χ4n) is 2.83. The molecule has 1 aliphatic heterocycles. The van der Waals surface area contributed by atoms with Gasteiger partial charge in [-0.05, 0) is 31.2 Å². The number of hydrogen-bond acceptors (Lipinski definition) is 3. The maximum atomic E-state index is 12.3. The molecule has 2 N–H and O–H groups in total. The lowest BCUT2D eigenvalue weighted by Gasteiger charge is -2.18. The van der Waals surface area contributed by atoms with E-state index in [1.807, 2.05) is 0 Å². The first-order valence-electron chi connectivity index (χ1n) is 7.68. The standard InChI is InChI=1S/C16H23O5P/c17-16(18)15(13-6-2-1-3-7-13)12-22(19,20)11-5-9-14-8-4-10-21-14/h1-3,6-7,14-15H,4-5,8-12H2,(H,17,18)(H,19,20). The van der Waals surface area contributed by atoms with Gasteiger partial charge in [0.2, 0.25) is 7.37 Å². The van der Waals surface area contributed by atoms with Crippen molar-refractivity contribution in [3.63, 3.8) is 0 Å². The average Bonchev–Trinajstić information content (AvgIpc) is 2.98. The van der Waals surface area contributed by atoms with Gasteiger partial charge in [-0.25, -0.2) is 0 Å². The number of rotatable bonds is 8. The molecule has 5 nitrogen and oxygen atoms in total. The Balaban J connectivity index is 1.90. The van der Waals surface area contributed by atoms with Gasteiger partial charge < -0.3 is 14.7 Å². The highest BCUT2D eigenvalue weighted by Crippen LogP contribution is 2.46. The third-order valence-corrected chi connectivity index (χ3v) is 5.98. The summed E-state index contributed by atoms with van der Waals surface area (Å²) in [6, 6.07) is 8.65. The van der Waals surface area contributed by atoms with Crippen LogP contribution >= 0.6 is 7.37 Å². The first-order chi connectivity index (χ1) is 10.5. The Morgan fingerprint density at radius 3 is 2.68 bits per heavy atom. The zero-order chi connectivity index (χ0) is 16.0. The second kappa shape index (κ2) is 7.91. The van der Waals surface area contributed by atoms with Gasteiger partial charge >= 0.3 is 5.97 Å². The van der Waals surface area contributed by atoms with Crippen LogP contribution in [0, 0.1) is 0 Å². The maximum Gasteiger partial charge on any atom is 0.311 e. The molecule has 22 heavy (non-hydrogen) atoms. The predicted molar refractivity (Wildman–Crippen MR) is 84.6 cm³/mol. The van der Waals surface area contributed by atoms with Crippen LogP contribution in [0.5, 0.6) is 0 Å². The van der Waals surface area contributed by atoms with Crippen molar-refractivity contribution in [1.29, 1.82) is 0 Å². The summed E-state index contributed by atoms with van der Waals surface area (Å²) < 4.78 is 17.8. The van der Waals surface area contributed by atoms with Crippen molar-refractivity contribution in [3.8, 4) is 0 Å². The van der Waals surface area contributed by atoms with Crippen molar-refractivity contribution in [2.45, 2.75) is 37.7 Å². The Morgan fingerprint density at radius 2 is 2.09 bits per heavy atom. The molecule has 3 atom stereocenters. The minimum absolute atomic E-state index is 0.156. The first-order valence-corrected chi connectivity index (χ1v) is 9.71. The summed E-state index contributed by atoms with van der Waals surface area (Å²) in [7, 11) is -3.46. The molecule has 0 aliphatic carbocycles. The van der Waals surface area contributed by atoms with Crippen LogP contribution in [-0.2, 0) is 14.1 Å². The van der Waals surface area contributed by atoms with Crippen LogP contribution in [0.4, 0.5) is 0 Å². The van der Waals surface area contributed by atoms with Gasteiger partial charge in [0.25, 0.3) is 0 Å². The molecule has 6 heteroatoms. The van der Waals surface area contributed by atoms with E-state index in [0.717, 1.165) is 25.9 Å². The number of carboxylic acids is 1. The monoisotopic (exact) mass is 326 g/mol. The van der Waals surface area contributed by atoms with Gasteiger partial charge in [-0.15, -0.1) is 0 Å². The lowest BCUT2D eigenvalue weighted by atomic mass is 10.0. The van der Waals surface area contributed by atoms with Gasteiger partial charge in [0.15, 0.2) is 0 Å². The highest BCUT2D eigenvalue weighted by Gasteiger charge is 2.30. The third-order valence-electron chi connectivity index (χ3n) is 4.03. The predicted octanol–water partition coefficient (Wildman–Crippen LogP) is 3.08. The minimum atomic E-state index is -3.46. The molecule has 0 spiro atoms. The Kier molecular flexibility index (Phi) is 6.18. The van der Waals surface area contributed by atoms with Crippen molar-refractivity contribution >= 4 is 13.3 Å². The van der Waals surface area contributed by atoms with E-state index in [4.69, 9.17) is 4.74 Å². The van der Waals surface area contributed by atoms with Crippen LogP contribution in [0.1, 0.15) is 37.2 Å². The molecular formula is C16H23O5P. The molecule has 1 saturated heterocycles. The summed E-state index contributed by atoms with van der Waals surface area (Å²) in [5.41, 5.74) is 0.573. The smallest absolute Gasteiger partial charge is 0.311 e. The summed E-state index contributed by atoms with van der Waals surface area (Å²) in [6.07, 6.45) is 3.58. The first kappa shape index (κ1) is 17.2. The van der Waals surface area contributed by atoms with Crippen molar-refractivity contribution in [2.24, 2.45) is 0 Å². The van der Waals surface area contributed by atoms with E-state index in [0.29, 0.717) is 12.0 Å². The Morgan fingerprint density at radius 1 is 1.36 bits per heavy atom. The van der Waals surface area contributed by atoms with Crippen molar-refractivity contribution in [3.05, 3.63) is 35.9 Å². The van der Waals surface area contributed by atoms with E-state index >= 15 is 0 Å². The zero-order valence-corrected chi connectivity index (χ0v) is 13.5. The molecule has 1 fully saturated rings. The Labute approximate surface area is 130 Å². The summed E-state index contributed by atoms with van der Waals surface area (Å²) in [5.74, 6) is -1.99. The van der Waals surface area contributed by atoms with Crippen LogP contribution < -0.4 is 0 Å². The number of carbonyl (C=O) groups is 1. The molecule has 0 saturated carbocycles. The molecule has 0 amide bonds. The summed E-state index contributed by atoms with van der Waals surface area (Å²) in [5, 5.41) is 9.34. The third kappa shape index (κ3) is 5.24. The van der Waals surface area contributed by atoms with Crippen LogP contribution in [-0.4, -0.2) is 41.0 Å². The second-order valence-corrected chi connectivity index (χ2v) is 8.34. The molecular weight excluding hydrogens is 303 g/mol. The Bertz CT molecular complexity index is 525. The summed E-state index contributed by atoms with van der Waals surface area (Å²) in [4.78, 5) is 21.5. The molecule has 1 heterocycles. The van der Waals surface area contributed by atoms with Crippen molar-refractivity contribution < 1.29 is 24.1 Å². The van der Waals surface area contributed by atoms with Crippen LogP contribution in [0.3, 0.4) is 0 Å².